The second kappa shape index (κ2) is 7.07. The molecule has 3 aromatic heterocycles. The quantitative estimate of drug-likeness (QED) is 0.748. The summed E-state index contributed by atoms with van der Waals surface area (Å²) in [6, 6.07) is 3.88. The fraction of sp³-hybridized carbons (Fsp3) is 0.389. The Labute approximate surface area is 151 Å². The van der Waals surface area contributed by atoms with E-state index in [9.17, 15) is 4.79 Å². The van der Waals surface area contributed by atoms with E-state index in [-0.39, 0.29) is 12.3 Å². The van der Waals surface area contributed by atoms with Gasteiger partial charge in [-0.2, -0.15) is 4.98 Å². The summed E-state index contributed by atoms with van der Waals surface area (Å²) in [7, 11) is 1.57. The number of aromatic nitrogens is 5. The van der Waals surface area contributed by atoms with Gasteiger partial charge in [0.15, 0.2) is 5.82 Å². The van der Waals surface area contributed by atoms with Crippen LogP contribution in [0.1, 0.15) is 34.0 Å². The molecular weight excluding hydrogens is 332 g/mol. The van der Waals surface area contributed by atoms with Crippen molar-refractivity contribution in [2.45, 2.75) is 40.7 Å². The summed E-state index contributed by atoms with van der Waals surface area (Å²) < 4.78 is 6.97. The molecule has 1 amide bonds. The summed E-state index contributed by atoms with van der Waals surface area (Å²) in [5.41, 5.74) is 4.56. The lowest BCUT2D eigenvalue weighted by molar-refractivity contribution is -0.120. The van der Waals surface area contributed by atoms with Crippen LogP contribution in [0, 0.1) is 27.7 Å². The Kier molecular flexibility index (Phi) is 4.83. The molecule has 3 rings (SSSR count). The van der Waals surface area contributed by atoms with E-state index in [1.54, 1.807) is 11.6 Å². The van der Waals surface area contributed by atoms with Gasteiger partial charge < -0.3 is 10.1 Å². The molecule has 0 spiro atoms. The minimum atomic E-state index is -0.169. The number of pyridine rings is 1. The van der Waals surface area contributed by atoms with E-state index in [0.717, 1.165) is 28.2 Å². The highest BCUT2D eigenvalue weighted by Crippen LogP contribution is 2.20. The van der Waals surface area contributed by atoms with Crippen molar-refractivity contribution in [2.24, 2.45) is 0 Å². The van der Waals surface area contributed by atoms with E-state index >= 15 is 0 Å². The molecule has 0 saturated heterocycles. The van der Waals surface area contributed by atoms with E-state index in [1.165, 1.54) is 0 Å². The molecule has 8 nitrogen and oxygen atoms in total. The third-order valence-corrected chi connectivity index (χ3v) is 4.07. The number of ether oxygens (including phenoxy) is 1. The van der Waals surface area contributed by atoms with Crippen molar-refractivity contribution >= 4 is 11.7 Å². The van der Waals surface area contributed by atoms with Crippen molar-refractivity contribution in [2.75, 3.05) is 7.11 Å². The number of methoxy groups -OCH3 is 1. The lowest BCUT2D eigenvalue weighted by atomic mass is 10.1. The number of fused-ring (bicyclic) bond motifs is 1. The first-order chi connectivity index (χ1) is 12.4. The summed E-state index contributed by atoms with van der Waals surface area (Å²) in [5, 5.41) is 7.24. The largest absolute Gasteiger partial charge is 0.481 e. The third-order valence-electron chi connectivity index (χ3n) is 4.07. The molecule has 0 radical (unpaired) electrons. The number of aryl methyl sites for hydroxylation is 4. The Morgan fingerprint density at radius 3 is 2.58 bits per heavy atom. The molecule has 0 aliphatic heterocycles. The normalized spacial score (nSPS) is 11.0. The van der Waals surface area contributed by atoms with Crippen molar-refractivity contribution in [1.29, 1.82) is 0 Å². The van der Waals surface area contributed by atoms with Crippen molar-refractivity contribution in [3.05, 3.63) is 46.2 Å². The molecule has 26 heavy (non-hydrogen) atoms. The van der Waals surface area contributed by atoms with Gasteiger partial charge in [0.25, 0.3) is 5.78 Å². The van der Waals surface area contributed by atoms with Gasteiger partial charge in [-0.05, 0) is 45.4 Å². The summed E-state index contributed by atoms with van der Waals surface area (Å²) in [4.78, 5) is 25.3. The number of carbonyl (C=O) groups excluding carboxylic acids is 1. The van der Waals surface area contributed by atoms with Crippen molar-refractivity contribution in [1.82, 2.24) is 29.9 Å². The minimum absolute atomic E-state index is 0.0858. The van der Waals surface area contributed by atoms with Gasteiger partial charge in [0.1, 0.15) is 0 Å². The van der Waals surface area contributed by atoms with Gasteiger partial charge in [0.05, 0.1) is 13.5 Å². The number of hydrogen-bond donors (Lipinski definition) is 1. The van der Waals surface area contributed by atoms with Gasteiger partial charge >= 0.3 is 0 Å². The lowest BCUT2D eigenvalue weighted by Crippen LogP contribution is -2.26. The predicted molar refractivity (Wildman–Crippen MR) is 96.1 cm³/mol. The van der Waals surface area contributed by atoms with Crippen LogP contribution in [0.5, 0.6) is 5.88 Å². The van der Waals surface area contributed by atoms with Crippen LogP contribution in [0.15, 0.2) is 12.1 Å². The average Bonchev–Trinajstić information content (AvgIpc) is 2.95. The van der Waals surface area contributed by atoms with Crippen LogP contribution in [0.4, 0.5) is 0 Å². The molecule has 0 bridgehead atoms. The summed E-state index contributed by atoms with van der Waals surface area (Å²) >= 11 is 0. The van der Waals surface area contributed by atoms with E-state index in [0.29, 0.717) is 24.0 Å². The minimum Gasteiger partial charge on any atom is -0.481 e. The Bertz CT molecular complexity index is 979. The number of nitrogens with one attached hydrogen (secondary N) is 1. The number of amides is 1. The number of nitrogens with zero attached hydrogens (tertiary/aromatic N) is 5. The highest BCUT2D eigenvalue weighted by Gasteiger charge is 2.14. The molecule has 0 unspecified atom stereocenters. The Hall–Kier alpha value is -3.03. The Balaban J connectivity index is 1.71. The zero-order chi connectivity index (χ0) is 18.8. The van der Waals surface area contributed by atoms with Gasteiger partial charge in [-0.15, -0.1) is 5.10 Å². The molecule has 1 N–H and O–H groups in total. The number of rotatable bonds is 5. The molecule has 136 valence electrons. The third kappa shape index (κ3) is 3.63. The smallest absolute Gasteiger partial charge is 0.252 e. The predicted octanol–water partition coefficient (Wildman–Crippen LogP) is 1.62. The van der Waals surface area contributed by atoms with Crippen LogP contribution >= 0.6 is 0 Å². The number of carbonyl (C=O) groups is 1. The van der Waals surface area contributed by atoms with E-state index in [1.807, 2.05) is 39.8 Å². The molecule has 0 fully saturated rings. The first kappa shape index (κ1) is 17.8. The molecule has 0 aliphatic rings. The van der Waals surface area contributed by atoms with E-state index < -0.39 is 0 Å². The van der Waals surface area contributed by atoms with Crippen LogP contribution in [-0.2, 0) is 17.8 Å². The summed E-state index contributed by atoms with van der Waals surface area (Å²) in [5.74, 6) is 1.31. The van der Waals surface area contributed by atoms with Gasteiger partial charge in [-0.25, -0.2) is 14.5 Å². The van der Waals surface area contributed by atoms with E-state index in [2.05, 4.69) is 25.4 Å². The molecule has 3 aromatic rings. The lowest BCUT2D eigenvalue weighted by Gasteiger charge is -2.12. The maximum absolute atomic E-state index is 12.3. The Morgan fingerprint density at radius 2 is 1.85 bits per heavy atom. The molecule has 0 saturated carbocycles. The van der Waals surface area contributed by atoms with Crippen LogP contribution in [-0.4, -0.2) is 37.6 Å². The van der Waals surface area contributed by atoms with Crippen molar-refractivity contribution in [3.63, 3.8) is 0 Å². The van der Waals surface area contributed by atoms with Crippen LogP contribution < -0.4 is 10.1 Å². The summed E-state index contributed by atoms with van der Waals surface area (Å²) in [6.45, 7) is 8.05. The molecule has 0 aromatic carbocycles. The molecule has 3 heterocycles. The Morgan fingerprint density at radius 1 is 1.12 bits per heavy atom. The van der Waals surface area contributed by atoms with Gasteiger partial charge in [-0.1, -0.05) is 0 Å². The second-order valence-corrected chi connectivity index (χ2v) is 6.30. The zero-order valence-corrected chi connectivity index (χ0v) is 15.6. The van der Waals surface area contributed by atoms with E-state index in [4.69, 9.17) is 4.74 Å². The maximum Gasteiger partial charge on any atom is 0.252 e. The second-order valence-electron chi connectivity index (χ2n) is 6.30. The monoisotopic (exact) mass is 354 g/mol. The molecular formula is C18H22N6O2. The molecule has 0 atom stereocenters. The first-order valence-electron chi connectivity index (χ1n) is 8.35. The SMILES string of the molecule is COc1nc(C)cc(C)c1CNC(=O)Cc1nc2nc(C)cc(C)n2n1. The van der Waals surface area contributed by atoms with Gasteiger partial charge in [-0.3, -0.25) is 4.79 Å². The van der Waals surface area contributed by atoms with Crippen LogP contribution in [0.3, 0.4) is 0 Å². The van der Waals surface area contributed by atoms with Crippen LogP contribution in [0.25, 0.3) is 5.78 Å². The maximum atomic E-state index is 12.3. The number of hydrogen-bond acceptors (Lipinski definition) is 6. The standard InChI is InChI=1S/C18H22N6O2/c1-10-6-11(2)20-17(26-5)14(10)9-19-16(25)8-15-22-18-21-12(3)7-13(4)24(18)23-15/h6-7H,8-9H2,1-5H3,(H,19,25). The van der Waals surface area contributed by atoms with Gasteiger partial charge in [0.2, 0.25) is 11.8 Å². The topological polar surface area (TPSA) is 94.3 Å². The highest BCUT2D eigenvalue weighted by atomic mass is 16.5. The fourth-order valence-electron chi connectivity index (χ4n) is 2.89. The molecule has 0 aliphatic carbocycles. The average molecular weight is 354 g/mol. The fourth-order valence-corrected chi connectivity index (χ4v) is 2.89. The molecule has 8 heteroatoms. The van der Waals surface area contributed by atoms with Crippen LogP contribution in [0.2, 0.25) is 0 Å². The summed E-state index contributed by atoms with van der Waals surface area (Å²) in [6.07, 6.45) is 0.0858. The van der Waals surface area contributed by atoms with Gasteiger partial charge in [0, 0.05) is 29.2 Å². The highest BCUT2D eigenvalue weighted by molar-refractivity contribution is 5.77. The van der Waals surface area contributed by atoms with Crippen molar-refractivity contribution < 1.29 is 9.53 Å². The van der Waals surface area contributed by atoms with Crippen molar-refractivity contribution in [3.8, 4) is 5.88 Å². The zero-order valence-electron chi connectivity index (χ0n) is 15.6. The first-order valence-corrected chi connectivity index (χ1v) is 8.35.